The van der Waals surface area contributed by atoms with Gasteiger partial charge in [0.05, 0.1) is 11.4 Å². The molecular weight excluding hydrogens is 408 g/mol. The van der Waals surface area contributed by atoms with Gasteiger partial charge in [0.15, 0.2) is 0 Å². The van der Waals surface area contributed by atoms with Crippen molar-refractivity contribution < 1.29 is 4.79 Å². The lowest BCUT2D eigenvalue weighted by molar-refractivity contribution is -0.120. The molecule has 3 aromatic rings. The summed E-state index contributed by atoms with van der Waals surface area (Å²) in [6, 6.07) is 17.5. The highest BCUT2D eigenvalue weighted by molar-refractivity contribution is 9.10. The lowest BCUT2D eigenvalue weighted by Crippen LogP contribution is -2.39. The number of carbonyl (C=O) groups excluding carboxylic acids is 1. The highest BCUT2D eigenvalue weighted by Gasteiger charge is 2.28. The monoisotopic (exact) mass is 426 g/mol. The molecule has 0 atom stereocenters. The van der Waals surface area contributed by atoms with Gasteiger partial charge < -0.3 is 10.2 Å². The Labute approximate surface area is 165 Å². The minimum absolute atomic E-state index is 0.0191. The summed E-state index contributed by atoms with van der Waals surface area (Å²) in [6.07, 6.45) is 1.52. The number of nitrogens with one attached hydrogen (secondary N) is 1. The number of aromatic nitrogens is 4. The first-order valence-corrected chi connectivity index (χ1v) is 9.66. The number of benzene rings is 2. The normalized spacial score (nSPS) is 14.9. The molecule has 0 radical (unpaired) electrons. The van der Waals surface area contributed by atoms with E-state index in [1.165, 1.54) is 0 Å². The predicted molar refractivity (Wildman–Crippen MR) is 107 cm³/mol. The molecule has 1 amide bonds. The van der Waals surface area contributed by atoms with E-state index in [2.05, 4.69) is 41.7 Å². The van der Waals surface area contributed by atoms with Crippen molar-refractivity contribution in [1.29, 1.82) is 0 Å². The predicted octanol–water partition coefficient (Wildman–Crippen LogP) is 3.28. The van der Waals surface area contributed by atoms with Crippen LogP contribution in [0.5, 0.6) is 0 Å². The molecular formula is C19H19BrN6O. The van der Waals surface area contributed by atoms with Crippen molar-refractivity contribution in [1.82, 2.24) is 20.2 Å². The maximum absolute atomic E-state index is 12.6. The lowest BCUT2D eigenvalue weighted by Gasteiger charge is -2.31. The van der Waals surface area contributed by atoms with Gasteiger partial charge in [0, 0.05) is 23.5 Å². The molecule has 138 valence electrons. The standard InChI is InChI=1S/C19H19BrN6O/c20-16-8-4-5-9-17(16)21-18(27)14-10-12-25(13-11-14)19-22-23-24-26(19)15-6-2-1-3-7-15/h1-9,14H,10-13H2,(H,21,27). The van der Waals surface area contributed by atoms with Gasteiger partial charge in [0.25, 0.3) is 0 Å². The molecule has 0 bridgehead atoms. The van der Waals surface area contributed by atoms with Crippen LogP contribution in [0, 0.1) is 5.92 Å². The molecule has 8 heteroatoms. The van der Waals surface area contributed by atoms with Crippen LogP contribution in [0.4, 0.5) is 11.6 Å². The van der Waals surface area contributed by atoms with Gasteiger partial charge in [0.1, 0.15) is 0 Å². The maximum Gasteiger partial charge on any atom is 0.250 e. The molecule has 1 fully saturated rings. The zero-order valence-electron chi connectivity index (χ0n) is 14.6. The SMILES string of the molecule is O=C(Nc1ccccc1Br)C1CCN(c2nnnn2-c2ccccc2)CC1. The van der Waals surface area contributed by atoms with E-state index >= 15 is 0 Å². The Hall–Kier alpha value is -2.74. The second kappa shape index (κ2) is 7.87. The third kappa shape index (κ3) is 3.85. The Morgan fingerprint density at radius 1 is 1.04 bits per heavy atom. The summed E-state index contributed by atoms with van der Waals surface area (Å²) in [4.78, 5) is 14.7. The summed E-state index contributed by atoms with van der Waals surface area (Å²) in [6.45, 7) is 1.47. The van der Waals surface area contributed by atoms with E-state index in [4.69, 9.17) is 0 Å². The van der Waals surface area contributed by atoms with Crippen LogP contribution >= 0.6 is 15.9 Å². The fraction of sp³-hybridized carbons (Fsp3) is 0.263. The van der Waals surface area contributed by atoms with E-state index in [1.807, 2.05) is 54.6 Å². The molecule has 0 spiro atoms. The first-order chi connectivity index (χ1) is 13.2. The first-order valence-electron chi connectivity index (χ1n) is 8.86. The van der Waals surface area contributed by atoms with Crippen LogP contribution in [0.1, 0.15) is 12.8 Å². The van der Waals surface area contributed by atoms with Crippen LogP contribution in [0.15, 0.2) is 59.1 Å². The number of hydrogen-bond acceptors (Lipinski definition) is 5. The van der Waals surface area contributed by atoms with E-state index in [0.29, 0.717) is 5.95 Å². The average Bonchev–Trinajstić information content (AvgIpc) is 3.20. The molecule has 1 N–H and O–H groups in total. The Morgan fingerprint density at radius 2 is 1.74 bits per heavy atom. The summed E-state index contributed by atoms with van der Waals surface area (Å²) in [5.74, 6) is 0.754. The smallest absolute Gasteiger partial charge is 0.250 e. The van der Waals surface area contributed by atoms with E-state index in [-0.39, 0.29) is 11.8 Å². The van der Waals surface area contributed by atoms with E-state index < -0.39 is 0 Å². The molecule has 0 unspecified atom stereocenters. The van der Waals surface area contributed by atoms with Gasteiger partial charge in [-0.15, -0.1) is 0 Å². The van der Waals surface area contributed by atoms with Crippen molar-refractivity contribution in [2.75, 3.05) is 23.3 Å². The Balaban J connectivity index is 1.41. The summed E-state index contributed by atoms with van der Waals surface area (Å²) in [5, 5.41) is 15.1. The number of anilines is 2. The molecule has 1 saturated heterocycles. The molecule has 27 heavy (non-hydrogen) atoms. The van der Waals surface area contributed by atoms with E-state index in [1.54, 1.807) is 4.68 Å². The maximum atomic E-state index is 12.6. The van der Waals surface area contributed by atoms with Gasteiger partial charge >= 0.3 is 0 Å². The van der Waals surface area contributed by atoms with Crippen LogP contribution in [0.2, 0.25) is 0 Å². The number of piperidine rings is 1. The van der Waals surface area contributed by atoms with Gasteiger partial charge in [-0.25, -0.2) is 0 Å². The quantitative estimate of drug-likeness (QED) is 0.692. The minimum atomic E-state index is -0.0191. The Bertz CT molecular complexity index is 921. The van der Waals surface area contributed by atoms with Crippen LogP contribution in [0.3, 0.4) is 0 Å². The van der Waals surface area contributed by atoms with Gasteiger partial charge in [-0.3, -0.25) is 4.79 Å². The first kappa shape index (κ1) is 17.7. The number of nitrogens with zero attached hydrogens (tertiary/aromatic N) is 5. The second-order valence-electron chi connectivity index (χ2n) is 6.46. The molecule has 1 aliphatic rings. The zero-order valence-corrected chi connectivity index (χ0v) is 16.2. The molecule has 4 rings (SSSR count). The van der Waals surface area contributed by atoms with Crippen molar-refractivity contribution in [3.8, 4) is 5.69 Å². The van der Waals surface area contributed by atoms with Gasteiger partial charge in [-0.2, -0.15) is 4.68 Å². The number of hydrogen-bond donors (Lipinski definition) is 1. The molecule has 2 aromatic carbocycles. The third-order valence-electron chi connectivity index (χ3n) is 4.73. The fourth-order valence-electron chi connectivity index (χ4n) is 3.25. The van der Waals surface area contributed by atoms with Crippen molar-refractivity contribution in [2.24, 2.45) is 5.92 Å². The topological polar surface area (TPSA) is 75.9 Å². The van der Waals surface area contributed by atoms with Gasteiger partial charge in [-0.05, 0) is 63.5 Å². The van der Waals surface area contributed by atoms with Crippen LogP contribution in [0.25, 0.3) is 5.69 Å². The average molecular weight is 427 g/mol. The third-order valence-corrected chi connectivity index (χ3v) is 5.43. The number of amides is 1. The van der Waals surface area contributed by atoms with Crippen molar-refractivity contribution in [3.63, 3.8) is 0 Å². The summed E-state index contributed by atoms with van der Waals surface area (Å²) in [5.41, 5.74) is 1.73. The molecule has 2 heterocycles. The van der Waals surface area contributed by atoms with Crippen LogP contribution in [-0.4, -0.2) is 39.2 Å². The zero-order chi connectivity index (χ0) is 18.6. The largest absolute Gasteiger partial charge is 0.339 e. The highest BCUT2D eigenvalue weighted by Crippen LogP contribution is 2.26. The van der Waals surface area contributed by atoms with Crippen molar-refractivity contribution >= 4 is 33.5 Å². The van der Waals surface area contributed by atoms with Crippen LogP contribution < -0.4 is 10.2 Å². The van der Waals surface area contributed by atoms with Crippen molar-refractivity contribution in [3.05, 3.63) is 59.1 Å². The summed E-state index contributed by atoms with van der Waals surface area (Å²) < 4.78 is 2.62. The van der Waals surface area contributed by atoms with Gasteiger partial charge in [-0.1, -0.05) is 35.4 Å². The number of para-hydroxylation sites is 2. The van der Waals surface area contributed by atoms with Crippen LogP contribution in [-0.2, 0) is 4.79 Å². The molecule has 1 aromatic heterocycles. The molecule has 0 saturated carbocycles. The highest BCUT2D eigenvalue weighted by atomic mass is 79.9. The molecule has 0 aliphatic carbocycles. The van der Waals surface area contributed by atoms with Crippen molar-refractivity contribution in [2.45, 2.75) is 12.8 Å². The van der Waals surface area contributed by atoms with E-state index in [0.717, 1.165) is 41.8 Å². The fourth-order valence-corrected chi connectivity index (χ4v) is 3.64. The number of tetrazole rings is 1. The second-order valence-corrected chi connectivity index (χ2v) is 7.31. The summed E-state index contributed by atoms with van der Waals surface area (Å²) in [7, 11) is 0. The molecule has 1 aliphatic heterocycles. The van der Waals surface area contributed by atoms with E-state index in [9.17, 15) is 4.79 Å². The Kier molecular flexibility index (Phi) is 5.15. The summed E-state index contributed by atoms with van der Waals surface area (Å²) >= 11 is 3.47. The minimum Gasteiger partial charge on any atom is -0.339 e. The molecule has 7 nitrogen and oxygen atoms in total. The van der Waals surface area contributed by atoms with Gasteiger partial charge in [0.2, 0.25) is 11.9 Å². The lowest BCUT2D eigenvalue weighted by atomic mass is 9.96. The number of carbonyl (C=O) groups is 1. The Morgan fingerprint density at radius 3 is 2.48 bits per heavy atom. The number of rotatable bonds is 4. The number of halogens is 1.